The molecule has 0 aliphatic heterocycles. The van der Waals surface area contributed by atoms with Crippen LogP contribution in [0.25, 0.3) is 0 Å². The number of aromatic nitrogens is 1. The van der Waals surface area contributed by atoms with Crippen molar-refractivity contribution in [2.45, 2.75) is 11.4 Å². The highest BCUT2D eigenvalue weighted by atomic mass is 79.9. The molecule has 0 N–H and O–H groups in total. The van der Waals surface area contributed by atoms with Gasteiger partial charge in [0, 0.05) is 26.4 Å². The molecule has 0 aliphatic rings. The minimum Gasteiger partial charge on any atom is -0.383 e. The van der Waals surface area contributed by atoms with E-state index in [4.69, 9.17) is 4.74 Å². The van der Waals surface area contributed by atoms with Crippen molar-refractivity contribution in [3.8, 4) is 0 Å². The molecule has 0 fully saturated rings. The molecule has 0 radical (unpaired) electrons. The molecule has 0 saturated carbocycles. The van der Waals surface area contributed by atoms with Gasteiger partial charge in [-0.15, -0.1) is 0 Å². The van der Waals surface area contributed by atoms with E-state index < -0.39 is 0 Å². The quantitative estimate of drug-likeness (QED) is 0.740. The average molecular weight is 273 g/mol. The van der Waals surface area contributed by atoms with E-state index in [0.29, 0.717) is 4.83 Å². The molecule has 1 heterocycles. The van der Waals surface area contributed by atoms with E-state index in [1.807, 2.05) is 24.4 Å². The highest BCUT2D eigenvalue weighted by Gasteiger charge is 2.08. The SMILES string of the molecule is COCC(Br)CN(C)Cc1ccccn1. The summed E-state index contributed by atoms with van der Waals surface area (Å²) in [6.45, 7) is 2.55. The summed E-state index contributed by atoms with van der Waals surface area (Å²) in [6, 6.07) is 5.98. The second-order valence-corrected chi connectivity index (χ2v) is 4.87. The summed E-state index contributed by atoms with van der Waals surface area (Å²) >= 11 is 3.56. The maximum atomic E-state index is 5.07. The van der Waals surface area contributed by atoms with E-state index in [-0.39, 0.29) is 0 Å². The summed E-state index contributed by atoms with van der Waals surface area (Å²) in [4.78, 5) is 6.88. The van der Waals surface area contributed by atoms with Gasteiger partial charge in [-0.05, 0) is 19.2 Å². The Balaban J connectivity index is 2.33. The molecule has 0 saturated heterocycles. The van der Waals surface area contributed by atoms with E-state index >= 15 is 0 Å². The van der Waals surface area contributed by atoms with Gasteiger partial charge in [0.05, 0.1) is 17.1 Å². The molecular weight excluding hydrogens is 256 g/mol. The molecular formula is C11H17BrN2O. The van der Waals surface area contributed by atoms with Gasteiger partial charge in [0.25, 0.3) is 0 Å². The summed E-state index contributed by atoms with van der Waals surface area (Å²) in [5.74, 6) is 0. The van der Waals surface area contributed by atoms with E-state index in [9.17, 15) is 0 Å². The van der Waals surface area contributed by atoms with Crippen molar-refractivity contribution in [1.82, 2.24) is 9.88 Å². The minimum absolute atomic E-state index is 0.371. The predicted molar refractivity (Wildman–Crippen MR) is 65.2 cm³/mol. The molecule has 1 aromatic heterocycles. The van der Waals surface area contributed by atoms with Crippen molar-refractivity contribution in [3.05, 3.63) is 30.1 Å². The molecule has 0 spiro atoms. The second kappa shape index (κ2) is 6.93. The summed E-state index contributed by atoms with van der Waals surface area (Å²) in [7, 11) is 3.80. The third kappa shape index (κ3) is 5.25. The van der Waals surface area contributed by atoms with Crippen LogP contribution in [-0.4, -0.2) is 42.0 Å². The number of methoxy groups -OCH3 is 1. The van der Waals surface area contributed by atoms with E-state index in [2.05, 4.69) is 32.9 Å². The number of hydrogen-bond acceptors (Lipinski definition) is 3. The molecule has 4 heteroatoms. The average Bonchev–Trinajstić information content (AvgIpc) is 2.19. The van der Waals surface area contributed by atoms with Gasteiger partial charge in [0.15, 0.2) is 0 Å². The van der Waals surface area contributed by atoms with Gasteiger partial charge < -0.3 is 4.74 Å². The smallest absolute Gasteiger partial charge is 0.0600 e. The molecule has 0 bridgehead atoms. The van der Waals surface area contributed by atoms with Gasteiger partial charge in [-0.25, -0.2) is 0 Å². The van der Waals surface area contributed by atoms with Crippen LogP contribution < -0.4 is 0 Å². The van der Waals surface area contributed by atoms with Crippen LogP contribution in [0, 0.1) is 0 Å². The van der Waals surface area contributed by atoms with Crippen LogP contribution in [0.5, 0.6) is 0 Å². The first-order valence-corrected chi connectivity index (χ1v) is 5.85. The number of alkyl halides is 1. The van der Waals surface area contributed by atoms with Crippen LogP contribution in [0.15, 0.2) is 24.4 Å². The van der Waals surface area contributed by atoms with Crippen molar-refractivity contribution in [3.63, 3.8) is 0 Å². The molecule has 84 valence electrons. The lowest BCUT2D eigenvalue weighted by Gasteiger charge is -2.19. The molecule has 1 atom stereocenters. The highest BCUT2D eigenvalue weighted by molar-refractivity contribution is 9.09. The van der Waals surface area contributed by atoms with Crippen LogP contribution in [0.3, 0.4) is 0 Å². The Morgan fingerprint density at radius 3 is 2.93 bits per heavy atom. The second-order valence-electron chi connectivity index (χ2n) is 3.57. The minimum atomic E-state index is 0.371. The zero-order valence-corrected chi connectivity index (χ0v) is 10.8. The molecule has 3 nitrogen and oxygen atoms in total. The lowest BCUT2D eigenvalue weighted by atomic mass is 10.3. The Hall–Kier alpha value is -0.450. The van der Waals surface area contributed by atoms with Crippen LogP contribution in [0.1, 0.15) is 5.69 Å². The van der Waals surface area contributed by atoms with Crippen molar-refractivity contribution in [2.75, 3.05) is 27.3 Å². The van der Waals surface area contributed by atoms with E-state index in [0.717, 1.165) is 25.4 Å². The fraction of sp³-hybridized carbons (Fsp3) is 0.545. The topological polar surface area (TPSA) is 25.4 Å². The molecule has 1 rings (SSSR count). The zero-order chi connectivity index (χ0) is 11.1. The summed E-state index contributed by atoms with van der Waals surface area (Å²) < 4.78 is 5.07. The van der Waals surface area contributed by atoms with Gasteiger partial charge in [0.2, 0.25) is 0 Å². The molecule has 1 aromatic rings. The fourth-order valence-corrected chi connectivity index (χ4v) is 2.16. The van der Waals surface area contributed by atoms with Gasteiger partial charge in [-0.2, -0.15) is 0 Å². The van der Waals surface area contributed by atoms with Gasteiger partial charge in [0.1, 0.15) is 0 Å². The van der Waals surface area contributed by atoms with E-state index in [1.54, 1.807) is 7.11 Å². The van der Waals surface area contributed by atoms with Gasteiger partial charge in [-0.1, -0.05) is 22.0 Å². The Kier molecular flexibility index (Phi) is 5.83. The van der Waals surface area contributed by atoms with Crippen LogP contribution in [0.4, 0.5) is 0 Å². The molecule has 1 unspecified atom stereocenters. The number of nitrogens with zero attached hydrogens (tertiary/aromatic N) is 2. The highest BCUT2D eigenvalue weighted by Crippen LogP contribution is 2.05. The Labute approximate surface area is 99.6 Å². The number of ether oxygens (including phenoxy) is 1. The first kappa shape index (κ1) is 12.6. The number of pyridine rings is 1. The molecule has 0 amide bonds. The number of rotatable bonds is 6. The maximum absolute atomic E-state index is 5.07. The predicted octanol–water partition coefficient (Wildman–Crippen LogP) is 1.92. The van der Waals surface area contributed by atoms with Crippen molar-refractivity contribution in [1.29, 1.82) is 0 Å². The van der Waals surface area contributed by atoms with Crippen LogP contribution >= 0.6 is 15.9 Å². The number of hydrogen-bond donors (Lipinski definition) is 0. The summed E-state index contributed by atoms with van der Waals surface area (Å²) in [5.41, 5.74) is 1.09. The summed E-state index contributed by atoms with van der Waals surface area (Å²) in [6.07, 6.45) is 1.82. The number of halogens is 1. The van der Waals surface area contributed by atoms with Crippen molar-refractivity contribution >= 4 is 15.9 Å². The molecule has 0 aliphatic carbocycles. The van der Waals surface area contributed by atoms with Gasteiger partial charge in [-0.3, -0.25) is 9.88 Å². The van der Waals surface area contributed by atoms with Gasteiger partial charge >= 0.3 is 0 Å². The third-order valence-corrected chi connectivity index (χ3v) is 2.57. The lowest BCUT2D eigenvalue weighted by molar-refractivity contribution is 0.184. The lowest BCUT2D eigenvalue weighted by Crippen LogP contribution is -2.28. The monoisotopic (exact) mass is 272 g/mol. The summed E-state index contributed by atoms with van der Waals surface area (Å²) in [5, 5.41) is 0. The largest absolute Gasteiger partial charge is 0.383 e. The maximum Gasteiger partial charge on any atom is 0.0600 e. The van der Waals surface area contributed by atoms with E-state index in [1.165, 1.54) is 0 Å². The van der Waals surface area contributed by atoms with Crippen LogP contribution in [0.2, 0.25) is 0 Å². The van der Waals surface area contributed by atoms with Crippen molar-refractivity contribution in [2.24, 2.45) is 0 Å². The van der Waals surface area contributed by atoms with Crippen LogP contribution in [-0.2, 0) is 11.3 Å². The molecule has 0 aromatic carbocycles. The standard InChI is InChI=1S/C11H17BrN2O/c1-14(7-10(12)9-15-2)8-11-5-3-4-6-13-11/h3-6,10H,7-9H2,1-2H3. The molecule has 15 heavy (non-hydrogen) atoms. The third-order valence-electron chi connectivity index (χ3n) is 2.02. The Morgan fingerprint density at radius 2 is 2.33 bits per heavy atom. The Bertz CT molecular complexity index is 269. The Morgan fingerprint density at radius 1 is 1.53 bits per heavy atom. The normalized spacial score (nSPS) is 13.1. The fourth-order valence-electron chi connectivity index (χ4n) is 1.40. The first-order chi connectivity index (χ1) is 7.22. The first-order valence-electron chi connectivity index (χ1n) is 4.94. The zero-order valence-electron chi connectivity index (χ0n) is 9.19. The van der Waals surface area contributed by atoms with Crippen molar-refractivity contribution < 1.29 is 4.74 Å².